The molecule has 8 nitrogen and oxygen atoms in total. The van der Waals surface area contributed by atoms with E-state index >= 15 is 0 Å². The number of carbonyl (C=O) groups excluding carboxylic acids is 2. The van der Waals surface area contributed by atoms with Gasteiger partial charge in [-0.05, 0) is 26.0 Å². The quantitative estimate of drug-likeness (QED) is 0.806. The van der Waals surface area contributed by atoms with Crippen molar-refractivity contribution in [3.63, 3.8) is 0 Å². The van der Waals surface area contributed by atoms with Gasteiger partial charge in [0, 0.05) is 40.3 Å². The number of aromatic nitrogens is 1. The van der Waals surface area contributed by atoms with E-state index in [1.54, 1.807) is 40.9 Å². The van der Waals surface area contributed by atoms with Crippen LogP contribution >= 0.6 is 0 Å². The molecule has 1 saturated heterocycles. The van der Waals surface area contributed by atoms with Gasteiger partial charge in [0.1, 0.15) is 18.1 Å². The fourth-order valence-corrected chi connectivity index (χ4v) is 3.18. The molecule has 1 aliphatic heterocycles. The molecule has 0 aliphatic carbocycles. The summed E-state index contributed by atoms with van der Waals surface area (Å²) in [5, 5.41) is 3.93. The minimum absolute atomic E-state index is 0.0321. The number of amides is 3. The van der Waals surface area contributed by atoms with Gasteiger partial charge in [-0.15, -0.1) is 0 Å². The highest BCUT2D eigenvalue weighted by molar-refractivity contribution is 5.97. The van der Waals surface area contributed by atoms with Crippen LogP contribution in [0.25, 0.3) is 0 Å². The molecule has 0 atom stereocenters. The Kier molecular flexibility index (Phi) is 5.87. The summed E-state index contributed by atoms with van der Waals surface area (Å²) in [6.07, 6.45) is 0. The monoisotopic (exact) mass is 386 g/mol. The maximum absolute atomic E-state index is 13.0. The van der Waals surface area contributed by atoms with Crippen LogP contribution in [0.5, 0.6) is 5.75 Å². The molecular formula is C20H26N4O4. The summed E-state index contributed by atoms with van der Waals surface area (Å²) >= 11 is 0. The summed E-state index contributed by atoms with van der Waals surface area (Å²) < 4.78 is 11.1. The van der Waals surface area contributed by atoms with Gasteiger partial charge >= 0.3 is 6.03 Å². The molecule has 1 aromatic heterocycles. The summed E-state index contributed by atoms with van der Waals surface area (Å²) in [6, 6.07) is 7.18. The molecule has 3 amide bonds. The predicted molar refractivity (Wildman–Crippen MR) is 103 cm³/mol. The van der Waals surface area contributed by atoms with E-state index in [0.29, 0.717) is 43.3 Å². The van der Waals surface area contributed by atoms with Crippen molar-refractivity contribution >= 4 is 11.9 Å². The summed E-state index contributed by atoms with van der Waals surface area (Å²) in [5.41, 5.74) is 2.18. The third-order valence-corrected chi connectivity index (χ3v) is 4.89. The molecule has 0 unspecified atom stereocenters. The zero-order valence-corrected chi connectivity index (χ0v) is 16.8. The van der Waals surface area contributed by atoms with Gasteiger partial charge in [0.15, 0.2) is 0 Å². The summed E-state index contributed by atoms with van der Waals surface area (Å²) in [6.45, 7) is 6.02. The third-order valence-electron chi connectivity index (χ3n) is 4.89. The van der Waals surface area contributed by atoms with Crippen LogP contribution in [0.15, 0.2) is 28.8 Å². The van der Waals surface area contributed by atoms with Crippen molar-refractivity contribution in [3.05, 3.63) is 46.8 Å². The lowest BCUT2D eigenvalue weighted by Gasteiger charge is -2.36. The number of ether oxygens (including phenoxy) is 1. The number of benzene rings is 1. The fraction of sp³-hybridized carbons (Fsp3) is 0.450. The van der Waals surface area contributed by atoms with Crippen LogP contribution in [-0.2, 0) is 6.61 Å². The van der Waals surface area contributed by atoms with E-state index in [4.69, 9.17) is 9.26 Å². The molecule has 150 valence electrons. The number of piperazine rings is 1. The first kappa shape index (κ1) is 19.7. The van der Waals surface area contributed by atoms with Crippen molar-refractivity contribution in [3.8, 4) is 5.75 Å². The first-order valence-corrected chi connectivity index (χ1v) is 9.27. The maximum atomic E-state index is 13.0. The Morgan fingerprint density at radius 1 is 1.11 bits per heavy atom. The standard InChI is InChI=1S/C20H26N4O4/c1-14-17(15(2)28-21-14)13-27-18-8-6-5-7-16(18)19(25)23-9-11-24(12-10-23)20(26)22(3)4/h5-8H,9-13H2,1-4H3. The van der Waals surface area contributed by atoms with E-state index in [-0.39, 0.29) is 18.5 Å². The second-order valence-corrected chi connectivity index (χ2v) is 7.04. The average Bonchev–Trinajstić information content (AvgIpc) is 3.03. The molecule has 8 heteroatoms. The molecule has 0 spiro atoms. The third kappa shape index (κ3) is 4.11. The van der Waals surface area contributed by atoms with Crippen molar-refractivity contribution < 1.29 is 18.8 Å². The van der Waals surface area contributed by atoms with Crippen molar-refractivity contribution in [2.75, 3.05) is 40.3 Å². The van der Waals surface area contributed by atoms with E-state index in [1.807, 2.05) is 26.0 Å². The van der Waals surface area contributed by atoms with E-state index < -0.39 is 0 Å². The van der Waals surface area contributed by atoms with Gasteiger partial charge in [-0.25, -0.2) is 4.79 Å². The zero-order valence-electron chi connectivity index (χ0n) is 16.8. The second kappa shape index (κ2) is 8.33. The minimum atomic E-state index is -0.0914. The zero-order chi connectivity index (χ0) is 20.3. The van der Waals surface area contributed by atoms with E-state index in [2.05, 4.69) is 5.16 Å². The molecule has 0 bridgehead atoms. The normalized spacial score (nSPS) is 14.1. The molecule has 3 rings (SSSR count). The molecular weight excluding hydrogens is 360 g/mol. The smallest absolute Gasteiger partial charge is 0.319 e. The first-order valence-electron chi connectivity index (χ1n) is 9.27. The lowest BCUT2D eigenvalue weighted by molar-refractivity contribution is 0.0645. The SMILES string of the molecule is Cc1noc(C)c1COc1ccccc1C(=O)N1CCN(C(=O)N(C)C)CC1. The summed E-state index contributed by atoms with van der Waals surface area (Å²) in [4.78, 5) is 30.2. The minimum Gasteiger partial charge on any atom is -0.488 e. The molecule has 0 N–H and O–H groups in total. The highest BCUT2D eigenvalue weighted by Gasteiger charge is 2.27. The second-order valence-electron chi connectivity index (χ2n) is 7.04. The summed E-state index contributed by atoms with van der Waals surface area (Å²) in [7, 11) is 3.46. The van der Waals surface area contributed by atoms with Crippen molar-refractivity contribution in [2.45, 2.75) is 20.5 Å². The van der Waals surface area contributed by atoms with Gasteiger partial charge in [0.2, 0.25) is 0 Å². The number of hydrogen-bond acceptors (Lipinski definition) is 5. The van der Waals surface area contributed by atoms with Crippen LogP contribution in [0.1, 0.15) is 27.4 Å². The Hall–Kier alpha value is -3.03. The fourth-order valence-electron chi connectivity index (χ4n) is 3.18. The van der Waals surface area contributed by atoms with Crippen molar-refractivity contribution in [1.82, 2.24) is 19.9 Å². The molecule has 28 heavy (non-hydrogen) atoms. The van der Waals surface area contributed by atoms with E-state index in [9.17, 15) is 9.59 Å². The van der Waals surface area contributed by atoms with Gasteiger partial charge in [0.05, 0.1) is 16.8 Å². The van der Waals surface area contributed by atoms with E-state index in [0.717, 1.165) is 11.3 Å². The molecule has 0 saturated carbocycles. The van der Waals surface area contributed by atoms with Gasteiger partial charge in [-0.3, -0.25) is 4.79 Å². The number of aryl methyl sites for hydroxylation is 2. The lowest BCUT2D eigenvalue weighted by Crippen LogP contribution is -2.52. The lowest BCUT2D eigenvalue weighted by atomic mass is 10.1. The highest BCUT2D eigenvalue weighted by Crippen LogP contribution is 2.23. The van der Waals surface area contributed by atoms with Crippen molar-refractivity contribution in [1.29, 1.82) is 0 Å². The molecule has 0 radical (unpaired) electrons. The Bertz CT molecular complexity index is 834. The molecule has 2 aromatic rings. The number of urea groups is 1. The van der Waals surface area contributed by atoms with Gasteiger partial charge in [-0.2, -0.15) is 0 Å². The van der Waals surface area contributed by atoms with Crippen LogP contribution in [0.4, 0.5) is 4.79 Å². The number of nitrogens with zero attached hydrogens (tertiary/aromatic N) is 4. The maximum Gasteiger partial charge on any atom is 0.319 e. The summed E-state index contributed by atoms with van der Waals surface area (Å²) in [5.74, 6) is 1.15. The van der Waals surface area contributed by atoms with E-state index in [1.165, 1.54) is 0 Å². The Labute approximate surface area is 164 Å². The largest absolute Gasteiger partial charge is 0.488 e. The van der Waals surface area contributed by atoms with Crippen LogP contribution in [-0.4, -0.2) is 72.1 Å². The Balaban J connectivity index is 1.67. The topological polar surface area (TPSA) is 79.1 Å². The molecule has 2 heterocycles. The Morgan fingerprint density at radius 3 is 2.36 bits per heavy atom. The number of hydrogen-bond donors (Lipinski definition) is 0. The number of para-hydroxylation sites is 1. The molecule has 1 aliphatic rings. The number of carbonyl (C=O) groups is 2. The van der Waals surface area contributed by atoms with Crippen LogP contribution < -0.4 is 4.74 Å². The molecule has 1 fully saturated rings. The highest BCUT2D eigenvalue weighted by atomic mass is 16.5. The predicted octanol–water partition coefficient (Wildman–Crippen LogP) is 2.31. The Morgan fingerprint density at radius 2 is 1.75 bits per heavy atom. The van der Waals surface area contributed by atoms with Gasteiger partial charge in [-0.1, -0.05) is 17.3 Å². The van der Waals surface area contributed by atoms with Crippen LogP contribution in [0, 0.1) is 13.8 Å². The number of rotatable bonds is 4. The average molecular weight is 386 g/mol. The van der Waals surface area contributed by atoms with Gasteiger partial charge < -0.3 is 24.0 Å². The van der Waals surface area contributed by atoms with Crippen molar-refractivity contribution in [2.24, 2.45) is 0 Å². The van der Waals surface area contributed by atoms with Crippen LogP contribution in [0.3, 0.4) is 0 Å². The van der Waals surface area contributed by atoms with Gasteiger partial charge in [0.25, 0.3) is 5.91 Å². The first-order chi connectivity index (χ1) is 13.4. The molecule has 1 aromatic carbocycles. The van der Waals surface area contributed by atoms with Crippen LogP contribution in [0.2, 0.25) is 0 Å².